The summed E-state index contributed by atoms with van der Waals surface area (Å²) in [6, 6.07) is 4.21. The molecule has 1 saturated heterocycles. The molecule has 0 saturated carbocycles. The highest BCUT2D eigenvalue weighted by molar-refractivity contribution is 6.06. The molecule has 1 aromatic heterocycles. The summed E-state index contributed by atoms with van der Waals surface area (Å²) in [5.41, 5.74) is 4.52. The molecule has 2 heterocycles. The SMILES string of the molecule is CCOC(=O)c1cnc2c(C)cc(C)cc2c1N1CC(C)OC(COC)C1. The molecule has 3 rings (SSSR count). The highest BCUT2D eigenvalue weighted by atomic mass is 16.5. The van der Waals surface area contributed by atoms with Crippen LogP contribution in [0, 0.1) is 13.8 Å². The molecule has 0 bridgehead atoms. The Labute approximate surface area is 160 Å². The van der Waals surface area contributed by atoms with Crippen molar-refractivity contribution in [2.24, 2.45) is 0 Å². The van der Waals surface area contributed by atoms with Gasteiger partial charge in [-0.3, -0.25) is 4.98 Å². The predicted octanol–water partition coefficient (Wildman–Crippen LogP) is 3.27. The van der Waals surface area contributed by atoms with Crippen LogP contribution in [-0.4, -0.2) is 56.6 Å². The molecule has 1 fully saturated rings. The van der Waals surface area contributed by atoms with Crippen molar-refractivity contribution in [3.05, 3.63) is 35.0 Å². The number of esters is 1. The Kier molecular flexibility index (Phi) is 5.97. The fraction of sp³-hybridized carbons (Fsp3) is 0.524. The molecule has 1 aromatic carbocycles. The average molecular weight is 372 g/mol. The molecule has 6 heteroatoms. The lowest BCUT2D eigenvalue weighted by Gasteiger charge is -2.39. The van der Waals surface area contributed by atoms with Gasteiger partial charge in [0.1, 0.15) is 5.56 Å². The highest BCUT2D eigenvalue weighted by Gasteiger charge is 2.30. The average Bonchev–Trinajstić information content (AvgIpc) is 2.60. The Morgan fingerprint density at radius 1 is 1.33 bits per heavy atom. The molecular weight excluding hydrogens is 344 g/mol. The van der Waals surface area contributed by atoms with E-state index in [-0.39, 0.29) is 18.2 Å². The molecule has 0 aliphatic carbocycles. The van der Waals surface area contributed by atoms with Gasteiger partial charge >= 0.3 is 5.97 Å². The van der Waals surface area contributed by atoms with Crippen molar-refractivity contribution in [2.75, 3.05) is 38.3 Å². The zero-order chi connectivity index (χ0) is 19.6. The van der Waals surface area contributed by atoms with Gasteiger partial charge in [-0.2, -0.15) is 0 Å². The Hall–Kier alpha value is -2.18. The lowest BCUT2D eigenvalue weighted by molar-refractivity contribution is -0.0510. The maximum Gasteiger partial charge on any atom is 0.341 e. The largest absolute Gasteiger partial charge is 0.462 e. The lowest BCUT2D eigenvalue weighted by Crippen LogP contribution is -2.48. The van der Waals surface area contributed by atoms with E-state index < -0.39 is 0 Å². The summed E-state index contributed by atoms with van der Waals surface area (Å²) in [5.74, 6) is -0.344. The molecule has 6 nitrogen and oxygen atoms in total. The molecule has 0 spiro atoms. The quantitative estimate of drug-likeness (QED) is 0.751. The number of rotatable bonds is 5. The number of hydrogen-bond acceptors (Lipinski definition) is 6. The van der Waals surface area contributed by atoms with Crippen molar-refractivity contribution in [3.63, 3.8) is 0 Å². The number of anilines is 1. The lowest BCUT2D eigenvalue weighted by atomic mass is 10.0. The highest BCUT2D eigenvalue weighted by Crippen LogP contribution is 2.34. The predicted molar refractivity (Wildman–Crippen MR) is 106 cm³/mol. The standard InChI is InChI=1S/C21H28N2O4/c1-6-26-21(24)18-9-22-19-14(3)7-13(2)8-17(19)20(18)23-10-15(4)27-16(11-23)12-25-5/h7-9,15-16H,6,10-12H2,1-5H3. The van der Waals surface area contributed by atoms with Crippen molar-refractivity contribution in [2.45, 2.75) is 39.9 Å². The number of carbonyl (C=O) groups is 1. The van der Waals surface area contributed by atoms with Gasteiger partial charge in [-0.25, -0.2) is 4.79 Å². The normalized spacial score (nSPS) is 20.1. The van der Waals surface area contributed by atoms with E-state index >= 15 is 0 Å². The van der Waals surface area contributed by atoms with Crippen molar-refractivity contribution in [1.29, 1.82) is 0 Å². The number of methoxy groups -OCH3 is 1. The summed E-state index contributed by atoms with van der Waals surface area (Å²) < 4.78 is 16.6. The second-order valence-electron chi connectivity index (χ2n) is 7.15. The number of benzene rings is 1. The number of aromatic nitrogens is 1. The summed E-state index contributed by atoms with van der Waals surface area (Å²) in [6.07, 6.45) is 1.62. The fourth-order valence-electron chi connectivity index (χ4n) is 3.85. The van der Waals surface area contributed by atoms with Crippen LogP contribution in [0.5, 0.6) is 0 Å². The van der Waals surface area contributed by atoms with Crippen LogP contribution in [0.2, 0.25) is 0 Å². The number of morpholine rings is 1. The van der Waals surface area contributed by atoms with Crippen molar-refractivity contribution >= 4 is 22.6 Å². The molecule has 2 aromatic rings. The van der Waals surface area contributed by atoms with Crippen LogP contribution in [0.25, 0.3) is 10.9 Å². The van der Waals surface area contributed by atoms with Gasteiger partial charge in [-0.15, -0.1) is 0 Å². The summed E-state index contributed by atoms with van der Waals surface area (Å²) in [6.45, 7) is 10.1. The van der Waals surface area contributed by atoms with Crippen LogP contribution in [-0.2, 0) is 14.2 Å². The summed E-state index contributed by atoms with van der Waals surface area (Å²) >= 11 is 0. The molecule has 27 heavy (non-hydrogen) atoms. The van der Waals surface area contributed by atoms with Crippen molar-refractivity contribution in [1.82, 2.24) is 4.98 Å². The Morgan fingerprint density at radius 3 is 2.81 bits per heavy atom. The summed E-state index contributed by atoms with van der Waals surface area (Å²) in [4.78, 5) is 19.5. The van der Waals surface area contributed by atoms with E-state index in [9.17, 15) is 4.79 Å². The Balaban J connectivity index is 2.17. The first-order valence-corrected chi connectivity index (χ1v) is 9.41. The summed E-state index contributed by atoms with van der Waals surface area (Å²) in [7, 11) is 1.67. The van der Waals surface area contributed by atoms with Crippen LogP contribution in [0.1, 0.15) is 35.3 Å². The van der Waals surface area contributed by atoms with Gasteiger partial charge in [0, 0.05) is 31.8 Å². The second kappa shape index (κ2) is 8.23. The molecule has 2 atom stereocenters. The van der Waals surface area contributed by atoms with Gasteiger partial charge in [0.05, 0.1) is 36.6 Å². The first-order valence-electron chi connectivity index (χ1n) is 9.41. The first kappa shape index (κ1) is 19.6. The minimum atomic E-state index is -0.344. The van der Waals surface area contributed by atoms with Crippen LogP contribution >= 0.6 is 0 Å². The van der Waals surface area contributed by atoms with E-state index in [4.69, 9.17) is 14.2 Å². The molecule has 0 N–H and O–H groups in total. The van der Waals surface area contributed by atoms with Crippen LogP contribution in [0.3, 0.4) is 0 Å². The van der Waals surface area contributed by atoms with Crippen LogP contribution in [0.4, 0.5) is 5.69 Å². The molecule has 0 radical (unpaired) electrons. The van der Waals surface area contributed by atoms with Crippen molar-refractivity contribution < 1.29 is 19.0 Å². The van der Waals surface area contributed by atoms with E-state index in [0.29, 0.717) is 31.9 Å². The number of fused-ring (bicyclic) bond motifs is 1. The minimum absolute atomic E-state index is 0.0306. The number of ether oxygens (including phenoxy) is 3. The molecule has 2 unspecified atom stereocenters. The third-order valence-corrected chi connectivity index (χ3v) is 4.77. The minimum Gasteiger partial charge on any atom is -0.462 e. The van der Waals surface area contributed by atoms with E-state index in [0.717, 1.165) is 27.7 Å². The third kappa shape index (κ3) is 4.06. The number of nitrogens with zero attached hydrogens (tertiary/aromatic N) is 2. The van der Waals surface area contributed by atoms with Crippen LogP contribution < -0.4 is 4.90 Å². The zero-order valence-corrected chi connectivity index (χ0v) is 16.7. The maximum absolute atomic E-state index is 12.7. The number of hydrogen-bond donors (Lipinski definition) is 0. The molecule has 146 valence electrons. The number of aryl methyl sites for hydroxylation is 2. The summed E-state index contributed by atoms with van der Waals surface area (Å²) in [5, 5.41) is 0.975. The zero-order valence-electron chi connectivity index (χ0n) is 16.7. The fourth-order valence-corrected chi connectivity index (χ4v) is 3.85. The smallest absolute Gasteiger partial charge is 0.341 e. The topological polar surface area (TPSA) is 60.9 Å². The van der Waals surface area contributed by atoms with Gasteiger partial charge in [0.15, 0.2) is 0 Å². The van der Waals surface area contributed by atoms with E-state index in [2.05, 4.69) is 28.9 Å². The van der Waals surface area contributed by atoms with E-state index in [1.807, 2.05) is 20.8 Å². The van der Waals surface area contributed by atoms with Gasteiger partial charge in [-0.05, 0) is 39.3 Å². The molecule has 0 amide bonds. The van der Waals surface area contributed by atoms with Crippen LogP contribution in [0.15, 0.2) is 18.3 Å². The molecule has 1 aliphatic heterocycles. The van der Waals surface area contributed by atoms with Gasteiger partial charge < -0.3 is 19.1 Å². The van der Waals surface area contributed by atoms with E-state index in [1.54, 1.807) is 13.3 Å². The number of pyridine rings is 1. The molecular formula is C21H28N2O4. The van der Waals surface area contributed by atoms with Crippen molar-refractivity contribution in [3.8, 4) is 0 Å². The van der Waals surface area contributed by atoms with E-state index in [1.165, 1.54) is 0 Å². The Bertz CT molecular complexity index is 837. The first-order chi connectivity index (χ1) is 12.9. The monoisotopic (exact) mass is 372 g/mol. The number of carbonyl (C=O) groups excluding carboxylic acids is 1. The third-order valence-electron chi connectivity index (χ3n) is 4.77. The molecule has 1 aliphatic rings. The van der Waals surface area contributed by atoms with Gasteiger partial charge in [0.2, 0.25) is 0 Å². The Morgan fingerprint density at radius 2 is 2.11 bits per heavy atom. The van der Waals surface area contributed by atoms with Gasteiger partial charge in [-0.1, -0.05) is 11.6 Å². The second-order valence-corrected chi connectivity index (χ2v) is 7.15. The maximum atomic E-state index is 12.7. The van der Waals surface area contributed by atoms with Gasteiger partial charge in [0.25, 0.3) is 0 Å².